The lowest BCUT2D eigenvalue weighted by atomic mass is 10.1. The van der Waals surface area contributed by atoms with Crippen molar-refractivity contribution in [1.29, 1.82) is 0 Å². The van der Waals surface area contributed by atoms with E-state index in [-0.39, 0.29) is 12.4 Å². The average molecular weight is 271 g/mol. The maximum absolute atomic E-state index is 12.3. The van der Waals surface area contributed by atoms with Crippen LogP contribution >= 0.6 is 0 Å². The molecule has 0 bridgehead atoms. The Hall–Kier alpha value is -2.03. The van der Waals surface area contributed by atoms with E-state index in [1.54, 1.807) is 0 Å². The Morgan fingerprint density at radius 3 is 2.50 bits per heavy atom. The monoisotopic (exact) mass is 271 g/mol. The molecular formula is C17H21NO2. The summed E-state index contributed by atoms with van der Waals surface area (Å²) in [5.41, 5.74) is 3.94. The fraction of sp³-hybridized carbons (Fsp3) is 0.353. The quantitative estimate of drug-likeness (QED) is 0.776. The summed E-state index contributed by atoms with van der Waals surface area (Å²) >= 11 is 0. The first-order valence-corrected chi connectivity index (χ1v) is 6.93. The van der Waals surface area contributed by atoms with Crippen molar-refractivity contribution in [2.45, 2.75) is 34.2 Å². The second-order valence-corrected chi connectivity index (χ2v) is 5.01. The van der Waals surface area contributed by atoms with E-state index >= 15 is 0 Å². The smallest absolute Gasteiger partial charge is 0.202 e. The van der Waals surface area contributed by atoms with Crippen molar-refractivity contribution in [3.8, 4) is 5.75 Å². The number of rotatable bonds is 5. The fourth-order valence-corrected chi connectivity index (χ4v) is 2.51. The number of benzene rings is 1. The summed E-state index contributed by atoms with van der Waals surface area (Å²) in [5.74, 6) is 0.797. The highest BCUT2D eigenvalue weighted by molar-refractivity contribution is 5.98. The first-order valence-electron chi connectivity index (χ1n) is 6.93. The fourth-order valence-electron chi connectivity index (χ4n) is 2.51. The molecule has 0 aliphatic rings. The topological polar surface area (TPSA) is 31.2 Å². The Kier molecular flexibility index (Phi) is 4.28. The van der Waals surface area contributed by atoms with Gasteiger partial charge >= 0.3 is 0 Å². The van der Waals surface area contributed by atoms with Crippen LogP contribution in [0.5, 0.6) is 5.75 Å². The number of aryl methyl sites for hydroxylation is 2. The van der Waals surface area contributed by atoms with Crippen LogP contribution in [-0.2, 0) is 6.54 Å². The van der Waals surface area contributed by atoms with Crippen molar-refractivity contribution < 1.29 is 9.53 Å². The van der Waals surface area contributed by atoms with E-state index in [2.05, 4.69) is 11.5 Å². The number of aromatic nitrogens is 1. The highest BCUT2D eigenvalue weighted by Gasteiger charge is 2.15. The average Bonchev–Trinajstić information content (AvgIpc) is 2.72. The summed E-state index contributed by atoms with van der Waals surface area (Å²) in [5, 5.41) is 0. The highest BCUT2D eigenvalue weighted by atomic mass is 16.5. The van der Waals surface area contributed by atoms with Crippen LogP contribution in [0.3, 0.4) is 0 Å². The molecule has 106 valence electrons. The number of ether oxygens (including phenoxy) is 1. The summed E-state index contributed by atoms with van der Waals surface area (Å²) in [6.45, 7) is 9.02. The van der Waals surface area contributed by atoms with Gasteiger partial charge in [-0.3, -0.25) is 4.79 Å². The minimum Gasteiger partial charge on any atom is -0.485 e. The minimum absolute atomic E-state index is 0.0288. The van der Waals surface area contributed by atoms with E-state index < -0.39 is 0 Å². The molecule has 0 saturated heterocycles. The molecule has 0 N–H and O–H groups in total. The van der Waals surface area contributed by atoms with E-state index in [0.29, 0.717) is 0 Å². The SMILES string of the molecule is CCn1c(C)cc(C(=O)COc2ccccc2C)c1C. The zero-order valence-corrected chi connectivity index (χ0v) is 12.6. The van der Waals surface area contributed by atoms with E-state index in [9.17, 15) is 4.79 Å². The van der Waals surface area contributed by atoms with Gasteiger partial charge in [0.25, 0.3) is 0 Å². The number of nitrogens with zero attached hydrogens (tertiary/aromatic N) is 1. The molecule has 0 atom stereocenters. The Balaban J connectivity index is 2.12. The normalized spacial score (nSPS) is 10.6. The number of carbonyl (C=O) groups is 1. The highest BCUT2D eigenvalue weighted by Crippen LogP contribution is 2.19. The summed E-state index contributed by atoms with van der Waals surface area (Å²) in [4.78, 5) is 12.3. The van der Waals surface area contributed by atoms with Gasteiger partial charge in [-0.15, -0.1) is 0 Å². The van der Waals surface area contributed by atoms with Gasteiger partial charge in [-0.05, 0) is 45.4 Å². The van der Waals surface area contributed by atoms with Gasteiger partial charge in [-0.2, -0.15) is 0 Å². The van der Waals surface area contributed by atoms with Crippen LogP contribution in [0.2, 0.25) is 0 Å². The number of ketones is 1. The molecular weight excluding hydrogens is 250 g/mol. The molecule has 2 rings (SSSR count). The van der Waals surface area contributed by atoms with Gasteiger partial charge in [-0.25, -0.2) is 0 Å². The number of Topliss-reactive ketones (excluding diaryl/α,β-unsaturated/α-hetero) is 1. The van der Waals surface area contributed by atoms with Gasteiger partial charge in [0.2, 0.25) is 5.78 Å². The summed E-state index contributed by atoms with van der Waals surface area (Å²) in [6, 6.07) is 9.68. The zero-order valence-electron chi connectivity index (χ0n) is 12.6. The van der Waals surface area contributed by atoms with Gasteiger partial charge < -0.3 is 9.30 Å². The molecule has 2 aromatic rings. The maximum Gasteiger partial charge on any atom is 0.202 e. The Bertz CT molecular complexity index is 626. The maximum atomic E-state index is 12.3. The summed E-state index contributed by atoms with van der Waals surface area (Å²) in [6.07, 6.45) is 0. The predicted molar refractivity (Wildman–Crippen MR) is 80.6 cm³/mol. The summed E-state index contributed by atoms with van der Waals surface area (Å²) in [7, 11) is 0. The molecule has 0 amide bonds. The van der Waals surface area contributed by atoms with Crippen LogP contribution < -0.4 is 4.74 Å². The molecule has 0 aliphatic carbocycles. The van der Waals surface area contributed by atoms with Crippen molar-refractivity contribution in [3.05, 3.63) is 52.8 Å². The van der Waals surface area contributed by atoms with E-state index in [1.807, 2.05) is 51.1 Å². The van der Waals surface area contributed by atoms with Crippen molar-refractivity contribution in [3.63, 3.8) is 0 Å². The van der Waals surface area contributed by atoms with Gasteiger partial charge in [-0.1, -0.05) is 18.2 Å². The molecule has 3 heteroatoms. The van der Waals surface area contributed by atoms with Crippen LogP contribution in [0, 0.1) is 20.8 Å². The summed E-state index contributed by atoms with van der Waals surface area (Å²) < 4.78 is 7.77. The van der Waals surface area contributed by atoms with Crippen LogP contribution in [-0.4, -0.2) is 17.0 Å². The van der Waals surface area contributed by atoms with Gasteiger partial charge in [0, 0.05) is 23.5 Å². The largest absolute Gasteiger partial charge is 0.485 e. The molecule has 0 saturated carbocycles. The van der Waals surface area contributed by atoms with Gasteiger partial charge in [0.05, 0.1) is 0 Å². The van der Waals surface area contributed by atoms with Crippen molar-refractivity contribution in [1.82, 2.24) is 4.57 Å². The predicted octanol–water partition coefficient (Wildman–Crippen LogP) is 3.69. The van der Waals surface area contributed by atoms with Crippen LogP contribution in [0.15, 0.2) is 30.3 Å². The lowest BCUT2D eigenvalue weighted by Crippen LogP contribution is -2.13. The third kappa shape index (κ3) is 2.77. The lowest BCUT2D eigenvalue weighted by Gasteiger charge is -2.08. The number of para-hydroxylation sites is 1. The molecule has 20 heavy (non-hydrogen) atoms. The number of hydrogen-bond donors (Lipinski definition) is 0. The van der Waals surface area contributed by atoms with Crippen molar-refractivity contribution in [2.24, 2.45) is 0 Å². The number of carbonyl (C=O) groups excluding carboxylic acids is 1. The minimum atomic E-state index is 0.0288. The molecule has 3 nitrogen and oxygen atoms in total. The van der Waals surface area contributed by atoms with Crippen molar-refractivity contribution in [2.75, 3.05) is 6.61 Å². The number of hydrogen-bond acceptors (Lipinski definition) is 2. The molecule has 0 spiro atoms. The van der Waals surface area contributed by atoms with Gasteiger partial charge in [0.15, 0.2) is 6.61 Å². The molecule has 1 aromatic carbocycles. The Morgan fingerprint density at radius 2 is 1.90 bits per heavy atom. The molecule has 0 aliphatic heterocycles. The van der Waals surface area contributed by atoms with Gasteiger partial charge in [0.1, 0.15) is 5.75 Å². The lowest BCUT2D eigenvalue weighted by molar-refractivity contribution is 0.0920. The molecule has 1 heterocycles. The van der Waals surface area contributed by atoms with Crippen LogP contribution in [0.25, 0.3) is 0 Å². The van der Waals surface area contributed by atoms with E-state index in [1.165, 1.54) is 0 Å². The van der Waals surface area contributed by atoms with E-state index in [4.69, 9.17) is 4.74 Å². The van der Waals surface area contributed by atoms with Crippen LogP contribution in [0.1, 0.15) is 34.2 Å². The van der Waals surface area contributed by atoms with E-state index in [0.717, 1.165) is 34.8 Å². The van der Waals surface area contributed by atoms with Crippen LogP contribution in [0.4, 0.5) is 0 Å². The standard InChI is InChI=1S/C17H21NO2/c1-5-18-13(3)10-15(14(18)4)16(19)11-20-17-9-7-6-8-12(17)2/h6-10H,5,11H2,1-4H3. The third-order valence-corrected chi connectivity index (χ3v) is 3.64. The zero-order chi connectivity index (χ0) is 14.7. The molecule has 0 radical (unpaired) electrons. The second-order valence-electron chi connectivity index (χ2n) is 5.01. The molecule has 0 unspecified atom stereocenters. The Morgan fingerprint density at radius 1 is 1.20 bits per heavy atom. The van der Waals surface area contributed by atoms with Crippen molar-refractivity contribution >= 4 is 5.78 Å². The first kappa shape index (κ1) is 14.4. The first-order chi connectivity index (χ1) is 9.54. The Labute approximate surface area is 120 Å². The molecule has 1 aromatic heterocycles. The third-order valence-electron chi connectivity index (χ3n) is 3.64. The molecule has 0 fully saturated rings. The second kappa shape index (κ2) is 5.95.